The summed E-state index contributed by atoms with van der Waals surface area (Å²) in [6.45, 7) is 11.2. The van der Waals surface area contributed by atoms with Crippen LogP contribution in [0.1, 0.15) is 52.2 Å². The molecule has 0 saturated carbocycles. The summed E-state index contributed by atoms with van der Waals surface area (Å²) in [7, 11) is 1.63. The maximum atomic E-state index is 10.3. The molecule has 188 valence electrons. The summed E-state index contributed by atoms with van der Waals surface area (Å²) in [5.41, 5.74) is 4.76. The number of ether oxygens (including phenoxy) is 1. The van der Waals surface area contributed by atoms with Crippen molar-refractivity contribution in [3.8, 4) is 29.9 Å². The first kappa shape index (κ1) is 33.6. The van der Waals surface area contributed by atoms with Gasteiger partial charge in [0.05, 0.1) is 13.7 Å². The molecule has 6 heteroatoms. The van der Waals surface area contributed by atoms with Crippen molar-refractivity contribution >= 4 is 11.8 Å². The van der Waals surface area contributed by atoms with Gasteiger partial charge in [-0.2, -0.15) is 0 Å². The van der Waals surface area contributed by atoms with E-state index in [1.165, 1.54) is 21.6 Å². The third-order valence-electron chi connectivity index (χ3n) is 4.11. The fraction of sp³-hybridized carbons (Fsp3) is 0.393. The van der Waals surface area contributed by atoms with Gasteiger partial charge in [0.25, 0.3) is 0 Å². The Morgan fingerprint density at radius 3 is 2.29 bits per heavy atom. The van der Waals surface area contributed by atoms with E-state index in [4.69, 9.17) is 4.74 Å². The molecule has 1 heterocycles. The minimum absolute atomic E-state index is 0.0891. The minimum atomic E-state index is -2.17. The summed E-state index contributed by atoms with van der Waals surface area (Å²) in [5, 5.41) is 9.51. The second-order valence-electron chi connectivity index (χ2n) is 6.53. The molecule has 0 bridgehead atoms. The number of aliphatic hydroxyl groups excluding tert-OH is 1. The fourth-order valence-electron chi connectivity index (χ4n) is 2.71. The number of aryl methyl sites for hydroxylation is 1. The number of benzene rings is 1. The average molecular weight is 492 g/mol. The number of allylic oxidation sites excluding steroid dienone is 3. The van der Waals surface area contributed by atoms with Crippen LogP contribution in [0.25, 0.3) is 11.1 Å². The number of nitrogens with zero attached hydrogens (tertiary/aromatic N) is 1. The second kappa shape index (κ2) is 20.9. The second-order valence-corrected chi connectivity index (χ2v) is 7.78. The number of rotatable bonds is 8. The van der Waals surface area contributed by atoms with E-state index in [0.717, 1.165) is 30.2 Å². The van der Waals surface area contributed by atoms with E-state index in [2.05, 4.69) is 62.0 Å². The highest BCUT2D eigenvalue weighted by Gasteiger charge is 2.08. The smallest absolute Gasteiger partial charge is 0.235 e. The molecule has 0 aliphatic rings. The molecule has 0 spiro atoms. The third kappa shape index (κ3) is 13.8. The maximum absolute atomic E-state index is 10.3. The largest absolute Gasteiger partial charge is 0.481 e. The predicted molar refractivity (Wildman–Crippen MR) is 144 cm³/mol. The summed E-state index contributed by atoms with van der Waals surface area (Å²) < 4.78 is 25.9. The SMILES string of the molecule is C#C.C/C=C(/Cc1ccc(C)c(-c2ccnc(OC)c2)c1)S/C(=C\CC)CO.CC.CC(F)F. The van der Waals surface area contributed by atoms with Gasteiger partial charge in [-0.05, 0) is 60.4 Å². The third-order valence-corrected chi connectivity index (χ3v) is 5.31. The summed E-state index contributed by atoms with van der Waals surface area (Å²) in [4.78, 5) is 6.44. The Balaban J connectivity index is 0. The lowest BCUT2D eigenvalue weighted by atomic mass is 9.97. The van der Waals surface area contributed by atoms with Crippen LogP contribution in [0.5, 0.6) is 5.88 Å². The summed E-state index contributed by atoms with van der Waals surface area (Å²) in [6, 6.07) is 10.5. The van der Waals surface area contributed by atoms with Gasteiger partial charge >= 0.3 is 0 Å². The number of aliphatic hydroxyl groups is 1. The van der Waals surface area contributed by atoms with E-state index in [0.29, 0.717) is 5.88 Å². The zero-order valence-electron chi connectivity index (χ0n) is 21.4. The zero-order chi connectivity index (χ0) is 26.5. The highest BCUT2D eigenvalue weighted by Crippen LogP contribution is 2.31. The molecule has 3 nitrogen and oxygen atoms in total. The Morgan fingerprint density at radius 1 is 1.18 bits per heavy atom. The molecule has 0 unspecified atom stereocenters. The van der Waals surface area contributed by atoms with Gasteiger partial charge in [-0.3, -0.25) is 0 Å². The Bertz CT molecular complexity index is 890. The molecule has 1 N–H and O–H groups in total. The summed E-state index contributed by atoms with van der Waals surface area (Å²) >= 11 is 1.66. The van der Waals surface area contributed by atoms with Crippen molar-refractivity contribution in [3.05, 3.63) is 69.6 Å². The fourth-order valence-corrected chi connectivity index (χ4v) is 3.72. The number of alkyl halides is 2. The number of terminal acetylenes is 1. The van der Waals surface area contributed by atoms with Gasteiger partial charge in [0.1, 0.15) is 0 Å². The Morgan fingerprint density at radius 2 is 1.79 bits per heavy atom. The van der Waals surface area contributed by atoms with Crippen molar-refractivity contribution in [2.24, 2.45) is 0 Å². The quantitative estimate of drug-likeness (QED) is 0.379. The first-order valence-corrected chi connectivity index (χ1v) is 12.0. The molecule has 1 aromatic carbocycles. The molecular formula is C28H39F2NO2S. The van der Waals surface area contributed by atoms with Gasteiger partial charge < -0.3 is 9.84 Å². The first-order chi connectivity index (χ1) is 16.3. The minimum Gasteiger partial charge on any atom is -0.481 e. The van der Waals surface area contributed by atoms with E-state index >= 15 is 0 Å². The van der Waals surface area contributed by atoms with Crippen LogP contribution < -0.4 is 4.74 Å². The number of pyridine rings is 1. The van der Waals surface area contributed by atoms with Crippen molar-refractivity contribution in [1.82, 2.24) is 4.98 Å². The van der Waals surface area contributed by atoms with Crippen molar-refractivity contribution in [2.45, 2.75) is 60.8 Å². The number of hydrogen-bond acceptors (Lipinski definition) is 4. The van der Waals surface area contributed by atoms with Crippen molar-refractivity contribution < 1.29 is 18.6 Å². The number of halogens is 2. The molecule has 0 radical (unpaired) electrons. The highest BCUT2D eigenvalue weighted by molar-refractivity contribution is 8.06. The Kier molecular flexibility index (Phi) is 20.7. The molecule has 0 amide bonds. The molecule has 0 fully saturated rings. The lowest BCUT2D eigenvalue weighted by Gasteiger charge is -2.12. The molecule has 1 aromatic heterocycles. The van der Waals surface area contributed by atoms with E-state index in [1.807, 2.05) is 32.9 Å². The van der Waals surface area contributed by atoms with E-state index in [9.17, 15) is 13.9 Å². The molecule has 0 aliphatic carbocycles. The van der Waals surface area contributed by atoms with Crippen molar-refractivity contribution in [3.63, 3.8) is 0 Å². The number of aromatic nitrogens is 1. The molecule has 34 heavy (non-hydrogen) atoms. The van der Waals surface area contributed by atoms with Gasteiger partial charge in [0.2, 0.25) is 12.3 Å². The topological polar surface area (TPSA) is 42.4 Å². The van der Waals surface area contributed by atoms with Gasteiger partial charge in [-0.1, -0.05) is 62.9 Å². The van der Waals surface area contributed by atoms with E-state index in [1.54, 1.807) is 25.1 Å². The summed E-state index contributed by atoms with van der Waals surface area (Å²) in [5.74, 6) is 0.620. The maximum Gasteiger partial charge on any atom is 0.235 e. The number of thioether (sulfide) groups is 1. The zero-order valence-corrected chi connectivity index (χ0v) is 22.3. The van der Waals surface area contributed by atoms with Crippen LogP contribution in [-0.4, -0.2) is 30.2 Å². The van der Waals surface area contributed by atoms with Gasteiger partial charge in [0.15, 0.2) is 0 Å². The van der Waals surface area contributed by atoms with Crippen molar-refractivity contribution in [1.29, 1.82) is 0 Å². The van der Waals surface area contributed by atoms with Crippen LogP contribution in [0.2, 0.25) is 0 Å². The van der Waals surface area contributed by atoms with Crippen LogP contribution in [0.15, 0.2) is 58.5 Å². The van der Waals surface area contributed by atoms with Crippen molar-refractivity contribution in [2.75, 3.05) is 13.7 Å². The van der Waals surface area contributed by atoms with Crippen LogP contribution in [0.4, 0.5) is 8.78 Å². The molecule has 2 aromatic rings. The van der Waals surface area contributed by atoms with E-state index in [-0.39, 0.29) is 6.61 Å². The summed E-state index contributed by atoms with van der Waals surface area (Å²) in [6.07, 6.45) is 13.6. The van der Waals surface area contributed by atoms with Crippen LogP contribution in [0.3, 0.4) is 0 Å². The van der Waals surface area contributed by atoms with E-state index < -0.39 is 6.43 Å². The molecule has 0 saturated heterocycles. The molecular weight excluding hydrogens is 452 g/mol. The Labute approximate surface area is 209 Å². The normalized spacial score (nSPS) is 10.7. The van der Waals surface area contributed by atoms with Crippen LogP contribution in [0, 0.1) is 19.8 Å². The molecule has 0 atom stereocenters. The lowest BCUT2D eigenvalue weighted by molar-refractivity contribution is 0.171. The molecule has 2 rings (SSSR count). The van der Waals surface area contributed by atoms with Gasteiger partial charge in [-0.25, -0.2) is 13.8 Å². The van der Waals surface area contributed by atoms with Crippen LogP contribution in [-0.2, 0) is 6.42 Å². The lowest BCUT2D eigenvalue weighted by Crippen LogP contribution is -1.94. The average Bonchev–Trinajstić information content (AvgIpc) is 2.86. The number of methoxy groups -OCH3 is 1. The standard InChI is InChI=1S/C22H27NO2S.C2H4F2.C2H6.C2H2/c1-5-7-20(15-24)26-19(6-2)12-17-9-8-16(3)21(13-17)18-10-11-23-22(14-18)25-4;1-2(3)4;2*1-2/h6-11,13-14,24H,5,12,15H2,1-4H3;2H,1H3;1-2H3;1-2H/b19-6-,20-7-;;;. The van der Waals surface area contributed by atoms with Gasteiger partial charge in [-0.15, -0.1) is 12.8 Å². The van der Waals surface area contributed by atoms with Gasteiger partial charge in [0, 0.05) is 23.6 Å². The highest BCUT2D eigenvalue weighted by atomic mass is 32.2. The van der Waals surface area contributed by atoms with Crippen LogP contribution >= 0.6 is 11.8 Å². The Hall–Kier alpha value is -2.62. The monoisotopic (exact) mass is 491 g/mol. The predicted octanol–water partition coefficient (Wildman–Crippen LogP) is 8.08. The number of hydrogen-bond donors (Lipinski definition) is 1. The first-order valence-electron chi connectivity index (χ1n) is 11.2. The molecule has 0 aliphatic heterocycles.